The molecule has 0 aliphatic heterocycles. The fraction of sp³-hybridized carbons (Fsp3) is 0. The molecule has 80 valence electrons. The Morgan fingerprint density at radius 2 is 0.938 bits per heavy atom. The van der Waals surface area contributed by atoms with Gasteiger partial charge in [-0.05, 0) is 11.1 Å². The maximum absolute atomic E-state index is 8.00. The number of benzene rings is 2. The molecule has 0 spiro atoms. The first-order chi connectivity index (χ1) is 7.95. The molecule has 2 rings (SSSR count). The lowest BCUT2D eigenvalue weighted by Gasteiger charge is -1.92. The normalized spacial score (nSPS) is 9.50. The Hall–Kier alpha value is -2.15. The third-order valence-corrected chi connectivity index (χ3v) is 2.07. The molecule has 0 aliphatic rings. The monoisotopic (exact) mass is 210 g/mol. The molecule has 0 atom stereocenters. The minimum atomic E-state index is 1.23. The fourth-order valence-electron chi connectivity index (χ4n) is 1.32. The summed E-state index contributed by atoms with van der Waals surface area (Å²) >= 11 is 0. The molecule has 16 heavy (non-hydrogen) atoms. The Morgan fingerprint density at radius 1 is 0.625 bits per heavy atom. The van der Waals surface area contributed by atoms with Gasteiger partial charge in [0.15, 0.2) is 0 Å². The summed E-state index contributed by atoms with van der Waals surface area (Å²) in [5.74, 6) is 0. The van der Waals surface area contributed by atoms with E-state index in [9.17, 15) is 0 Å². The van der Waals surface area contributed by atoms with Crippen molar-refractivity contribution in [2.45, 2.75) is 0 Å². The second-order valence-electron chi connectivity index (χ2n) is 3.15. The molecule has 1 heteroatoms. The van der Waals surface area contributed by atoms with E-state index in [0.29, 0.717) is 0 Å². The van der Waals surface area contributed by atoms with Crippen LogP contribution in [0.25, 0.3) is 12.2 Å². The zero-order chi connectivity index (χ0) is 11.6. The highest BCUT2D eigenvalue weighted by molar-refractivity contribution is 5.69. The summed E-state index contributed by atoms with van der Waals surface area (Å²) < 4.78 is 0. The molecule has 2 aromatic rings. The van der Waals surface area contributed by atoms with Crippen molar-refractivity contribution >= 4 is 18.9 Å². The molecule has 0 saturated carbocycles. The number of hydrogen-bond acceptors (Lipinski definition) is 1. The third-order valence-electron chi connectivity index (χ3n) is 2.07. The van der Waals surface area contributed by atoms with Gasteiger partial charge in [0.05, 0.1) is 0 Å². The SMILES string of the molecule is C(=Cc1ccccc1)c1ccccc1.C=O. The Labute approximate surface area is 96.1 Å². The van der Waals surface area contributed by atoms with Gasteiger partial charge in [-0.1, -0.05) is 72.8 Å². The van der Waals surface area contributed by atoms with Crippen LogP contribution in [0.15, 0.2) is 60.7 Å². The van der Waals surface area contributed by atoms with Crippen LogP contribution >= 0.6 is 0 Å². The molecule has 0 aromatic heterocycles. The molecule has 0 saturated heterocycles. The summed E-state index contributed by atoms with van der Waals surface area (Å²) in [6.45, 7) is 2.00. The molecule has 0 aliphatic carbocycles. The van der Waals surface area contributed by atoms with Gasteiger partial charge >= 0.3 is 0 Å². The standard InChI is InChI=1S/C14H12.CH2O/c1-3-7-13(8-4-1)11-12-14-9-5-2-6-10-14;1-2/h1-12H;1H2. The van der Waals surface area contributed by atoms with E-state index in [1.54, 1.807) is 0 Å². The van der Waals surface area contributed by atoms with Gasteiger partial charge in [-0.25, -0.2) is 0 Å². The van der Waals surface area contributed by atoms with Crippen molar-refractivity contribution in [1.82, 2.24) is 0 Å². The lowest BCUT2D eigenvalue weighted by atomic mass is 10.1. The van der Waals surface area contributed by atoms with Crippen molar-refractivity contribution in [1.29, 1.82) is 0 Å². The van der Waals surface area contributed by atoms with Crippen molar-refractivity contribution < 1.29 is 4.79 Å². The van der Waals surface area contributed by atoms with E-state index < -0.39 is 0 Å². The first-order valence-corrected chi connectivity index (χ1v) is 5.02. The van der Waals surface area contributed by atoms with Crippen molar-refractivity contribution in [2.75, 3.05) is 0 Å². The minimum Gasteiger partial charge on any atom is -0.307 e. The second-order valence-corrected chi connectivity index (χ2v) is 3.15. The van der Waals surface area contributed by atoms with Crippen molar-refractivity contribution in [3.8, 4) is 0 Å². The van der Waals surface area contributed by atoms with Crippen LogP contribution in [-0.4, -0.2) is 6.79 Å². The van der Waals surface area contributed by atoms with Crippen LogP contribution in [0.4, 0.5) is 0 Å². The maximum atomic E-state index is 8.00. The Morgan fingerprint density at radius 3 is 1.25 bits per heavy atom. The molecule has 0 heterocycles. The van der Waals surface area contributed by atoms with E-state index in [4.69, 9.17) is 4.79 Å². The highest BCUT2D eigenvalue weighted by atomic mass is 16.1. The van der Waals surface area contributed by atoms with Crippen LogP contribution in [-0.2, 0) is 4.79 Å². The lowest BCUT2D eigenvalue weighted by molar-refractivity contribution is -0.0979. The Balaban J connectivity index is 0.000000606. The first kappa shape index (κ1) is 11.9. The highest BCUT2D eigenvalue weighted by Crippen LogP contribution is 2.06. The van der Waals surface area contributed by atoms with Crippen molar-refractivity contribution in [2.24, 2.45) is 0 Å². The van der Waals surface area contributed by atoms with E-state index in [2.05, 4.69) is 36.4 Å². The lowest BCUT2D eigenvalue weighted by Crippen LogP contribution is -1.70. The molecule has 0 fully saturated rings. The molecule has 1 nitrogen and oxygen atoms in total. The van der Waals surface area contributed by atoms with Gasteiger partial charge in [-0.15, -0.1) is 0 Å². The van der Waals surface area contributed by atoms with Gasteiger partial charge < -0.3 is 4.79 Å². The smallest absolute Gasteiger partial charge is 0.106 e. The highest BCUT2D eigenvalue weighted by Gasteiger charge is 1.84. The zero-order valence-electron chi connectivity index (χ0n) is 9.04. The van der Waals surface area contributed by atoms with E-state index in [0.717, 1.165) is 0 Å². The largest absolute Gasteiger partial charge is 0.307 e. The summed E-state index contributed by atoms with van der Waals surface area (Å²) in [5.41, 5.74) is 2.47. The third kappa shape index (κ3) is 3.93. The van der Waals surface area contributed by atoms with Gasteiger partial charge in [-0.2, -0.15) is 0 Å². The fourth-order valence-corrected chi connectivity index (χ4v) is 1.32. The van der Waals surface area contributed by atoms with Crippen LogP contribution in [0.1, 0.15) is 11.1 Å². The van der Waals surface area contributed by atoms with Gasteiger partial charge in [-0.3, -0.25) is 0 Å². The Kier molecular flexibility index (Phi) is 5.35. The van der Waals surface area contributed by atoms with Crippen LogP contribution in [0.3, 0.4) is 0 Å². The number of carbonyl (C=O) groups is 1. The minimum absolute atomic E-state index is 1.23. The average Bonchev–Trinajstić information content (AvgIpc) is 2.41. The average molecular weight is 210 g/mol. The molecular weight excluding hydrogens is 196 g/mol. The second kappa shape index (κ2) is 7.18. The molecule has 0 N–H and O–H groups in total. The van der Waals surface area contributed by atoms with Crippen LogP contribution in [0, 0.1) is 0 Å². The van der Waals surface area contributed by atoms with Crippen LogP contribution in [0.2, 0.25) is 0 Å². The molecule has 0 unspecified atom stereocenters. The predicted molar refractivity (Wildman–Crippen MR) is 68.9 cm³/mol. The predicted octanol–water partition coefficient (Wildman–Crippen LogP) is 3.67. The van der Waals surface area contributed by atoms with Gasteiger partial charge in [0, 0.05) is 0 Å². The summed E-state index contributed by atoms with van der Waals surface area (Å²) in [6.07, 6.45) is 4.24. The topological polar surface area (TPSA) is 17.1 Å². The summed E-state index contributed by atoms with van der Waals surface area (Å²) in [5, 5.41) is 0. The Bertz CT molecular complexity index is 376. The molecule has 2 aromatic carbocycles. The summed E-state index contributed by atoms with van der Waals surface area (Å²) in [6, 6.07) is 20.6. The van der Waals surface area contributed by atoms with Gasteiger partial charge in [0.25, 0.3) is 0 Å². The van der Waals surface area contributed by atoms with Crippen LogP contribution < -0.4 is 0 Å². The van der Waals surface area contributed by atoms with E-state index >= 15 is 0 Å². The van der Waals surface area contributed by atoms with E-state index in [1.165, 1.54) is 11.1 Å². The number of carbonyl (C=O) groups excluding carboxylic acids is 1. The maximum Gasteiger partial charge on any atom is 0.106 e. The molecule has 0 amide bonds. The van der Waals surface area contributed by atoms with Crippen LogP contribution in [0.5, 0.6) is 0 Å². The quantitative estimate of drug-likeness (QED) is 0.691. The van der Waals surface area contributed by atoms with E-state index in [1.807, 2.05) is 43.2 Å². The van der Waals surface area contributed by atoms with Crippen molar-refractivity contribution in [3.63, 3.8) is 0 Å². The van der Waals surface area contributed by atoms with Crippen molar-refractivity contribution in [3.05, 3.63) is 71.8 Å². The summed E-state index contributed by atoms with van der Waals surface area (Å²) in [7, 11) is 0. The zero-order valence-corrected chi connectivity index (χ0v) is 9.04. The molecule has 0 radical (unpaired) electrons. The van der Waals surface area contributed by atoms with Gasteiger partial charge in [0.1, 0.15) is 6.79 Å². The van der Waals surface area contributed by atoms with E-state index in [-0.39, 0.29) is 0 Å². The number of rotatable bonds is 2. The molecule has 0 bridgehead atoms. The van der Waals surface area contributed by atoms with Gasteiger partial charge in [0.2, 0.25) is 0 Å². The summed E-state index contributed by atoms with van der Waals surface area (Å²) in [4.78, 5) is 8.00. The number of hydrogen-bond donors (Lipinski definition) is 0. The first-order valence-electron chi connectivity index (χ1n) is 5.02. The molecular formula is C15H14O.